The lowest BCUT2D eigenvalue weighted by Crippen LogP contribution is -2.15. The highest BCUT2D eigenvalue weighted by molar-refractivity contribution is 7.90. The van der Waals surface area contributed by atoms with E-state index in [2.05, 4.69) is 5.32 Å². The van der Waals surface area contributed by atoms with Gasteiger partial charge in [-0.05, 0) is 29.8 Å². The van der Waals surface area contributed by atoms with E-state index in [4.69, 9.17) is 11.6 Å². The first-order chi connectivity index (χ1) is 10.3. The third-order valence-corrected chi connectivity index (χ3v) is 4.42. The minimum absolute atomic E-state index is 0.0368. The molecule has 2 rings (SSSR count). The number of rotatable bonds is 4. The molecule has 0 aliphatic rings. The summed E-state index contributed by atoms with van der Waals surface area (Å²) in [6.45, 7) is 0. The summed E-state index contributed by atoms with van der Waals surface area (Å²) in [6.07, 6.45) is 0.955. The van der Waals surface area contributed by atoms with Crippen LogP contribution >= 0.6 is 11.6 Å². The smallest absolute Gasteiger partial charge is 0.228 e. The lowest BCUT2D eigenvalue weighted by Gasteiger charge is -2.08. The number of anilines is 1. The van der Waals surface area contributed by atoms with Gasteiger partial charge in [0, 0.05) is 17.0 Å². The highest BCUT2D eigenvalue weighted by Crippen LogP contribution is 2.20. The highest BCUT2D eigenvalue weighted by Gasteiger charge is 2.15. The van der Waals surface area contributed by atoms with Gasteiger partial charge in [-0.1, -0.05) is 29.8 Å². The maximum absolute atomic E-state index is 13.7. The van der Waals surface area contributed by atoms with Crippen molar-refractivity contribution in [2.45, 2.75) is 11.3 Å². The number of hydrogen-bond donors (Lipinski definition) is 1. The normalized spacial score (nSPS) is 11.2. The second-order valence-corrected chi connectivity index (χ2v) is 7.13. The first-order valence-electron chi connectivity index (χ1n) is 6.30. The Balaban J connectivity index is 2.13. The number of halogens is 2. The molecule has 0 fully saturated rings. The van der Waals surface area contributed by atoms with Gasteiger partial charge in [-0.15, -0.1) is 0 Å². The van der Waals surface area contributed by atoms with Crippen LogP contribution in [0.15, 0.2) is 47.4 Å². The maximum Gasteiger partial charge on any atom is 0.228 e. The van der Waals surface area contributed by atoms with Gasteiger partial charge < -0.3 is 5.32 Å². The molecule has 116 valence electrons. The van der Waals surface area contributed by atoms with E-state index in [1.807, 2.05) is 0 Å². The Morgan fingerprint density at radius 2 is 1.91 bits per heavy atom. The first-order valence-corrected chi connectivity index (χ1v) is 8.57. The number of benzene rings is 2. The van der Waals surface area contributed by atoms with Gasteiger partial charge in [0.15, 0.2) is 9.84 Å². The Morgan fingerprint density at radius 3 is 2.50 bits per heavy atom. The van der Waals surface area contributed by atoms with Gasteiger partial charge in [-0.3, -0.25) is 4.79 Å². The minimum atomic E-state index is -3.64. The molecule has 2 aromatic rings. The average molecular weight is 342 g/mol. The number of hydrogen-bond acceptors (Lipinski definition) is 3. The summed E-state index contributed by atoms with van der Waals surface area (Å²) in [7, 11) is -3.64. The average Bonchev–Trinajstić information content (AvgIpc) is 2.40. The van der Waals surface area contributed by atoms with E-state index in [0.29, 0.717) is 10.6 Å². The van der Waals surface area contributed by atoms with Gasteiger partial charge in [0.05, 0.1) is 6.42 Å². The van der Waals surface area contributed by atoms with Crippen LogP contribution in [0, 0.1) is 5.82 Å². The zero-order chi connectivity index (χ0) is 16.3. The summed E-state index contributed by atoms with van der Waals surface area (Å²) in [4.78, 5) is 11.5. The van der Waals surface area contributed by atoms with Crippen LogP contribution < -0.4 is 5.32 Å². The zero-order valence-electron chi connectivity index (χ0n) is 11.6. The summed E-state index contributed by atoms with van der Waals surface area (Å²) in [5.41, 5.74) is 0.830. The highest BCUT2D eigenvalue weighted by atomic mass is 35.5. The van der Waals surface area contributed by atoms with Crippen molar-refractivity contribution in [3.8, 4) is 0 Å². The standard InChI is InChI=1S/C15H13ClFNO3S/c1-22(20,21)14-7-6-11(9-13(14)17)18-15(19)8-10-4-2-3-5-12(10)16/h2-7,9H,8H2,1H3,(H,18,19). The van der Waals surface area contributed by atoms with Gasteiger partial charge in [0.1, 0.15) is 10.7 Å². The van der Waals surface area contributed by atoms with Crippen LogP contribution in [0.1, 0.15) is 5.56 Å². The topological polar surface area (TPSA) is 63.2 Å². The minimum Gasteiger partial charge on any atom is -0.326 e. The van der Waals surface area contributed by atoms with Crippen molar-refractivity contribution in [2.24, 2.45) is 0 Å². The molecular formula is C15H13ClFNO3S. The molecule has 0 spiro atoms. The molecule has 0 aliphatic heterocycles. The van der Waals surface area contributed by atoms with E-state index in [9.17, 15) is 17.6 Å². The number of carbonyl (C=O) groups excluding carboxylic acids is 1. The lowest BCUT2D eigenvalue weighted by atomic mass is 10.1. The zero-order valence-corrected chi connectivity index (χ0v) is 13.2. The first kappa shape index (κ1) is 16.5. The largest absolute Gasteiger partial charge is 0.326 e. The predicted molar refractivity (Wildman–Crippen MR) is 83.3 cm³/mol. The number of amides is 1. The van der Waals surface area contributed by atoms with Crippen molar-refractivity contribution in [2.75, 3.05) is 11.6 Å². The molecule has 22 heavy (non-hydrogen) atoms. The van der Waals surface area contributed by atoms with Crippen LogP contribution in [0.4, 0.5) is 10.1 Å². The number of carbonyl (C=O) groups is 1. The fraction of sp³-hybridized carbons (Fsp3) is 0.133. The van der Waals surface area contributed by atoms with E-state index in [0.717, 1.165) is 18.4 Å². The van der Waals surface area contributed by atoms with Gasteiger partial charge in [-0.25, -0.2) is 12.8 Å². The molecule has 0 atom stereocenters. The predicted octanol–water partition coefficient (Wildman–Crippen LogP) is 3.06. The van der Waals surface area contributed by atoms with Crippen LogP contribution in [0.5, 0.6) is 0 Å². The van der Waals surface area contributed by atoms with Crippen molar-refractivity contribution in [3.63, 3.8) is 0 Å². The summed E-state index contributed by atoms with van der Waals surface area (Å²) in [5.74, 6) is -1.28. The molecule has 0 saturated heterocycles. The lowest BCUT2D eigenvalue weighted by molar-refractivity contribution is -0.115. The Morgan fingerprint density at radius 1 is 1.23 bits per heavy atom. The molecule has 0 unspecified atom stereocenters. The fourth-order valence-corrected chi connectivity index (χ4v) is 2.83. The fourth-order valence-electron chi connectivity index (χ4n) is 1.90. The quantitative estimate of drug-likeness (QED) is 0.929. The summed E-state index contributed by atoms with van der Waals surface area (Å²) >= 11 is 5.96. The molecule has 1 amide bonds. The number of nitrogens with one attached hydrogen (secondary N) is 1. The van der Waals surface area contributed by atoms with Gasteiger partial charge in [-0.2, -0.15) is 0 Å². The summed E-state index contributed by atoms with van der Waals surface area (Å²) in [5, 5.41) is 2.97. The van der Waals surface area contributed by atoms with Crippen molar-refractivity contribution in [3.05, 3.63) is 58.9 Å². The van der Waals surface area contributed by atoms with E-state index in [1.54, 1.807) is 24.3 Å². The van der Waals surface area contributed by atoms with E-state index in [1.165, 1.54) is 6.07 Å². The van der Waals surface area contributed by atoms with Crippen LogP contribution in [-0.4, -0.2) is 20.6 Å². The Labute approximate surface area is 132 Å². The molecule has 0 radical (unpaired) electrons. The molecule has 1 N–H and O–H groups in total. The Hall–Kier alpha value is -1.92. The van der Waals surface area contributed by atoms with Crippen molar-refractivity contribution in [1.29, 1.82) is 0 Å². The van der Waals surface area contributed by atoms with Crippen molar-refractivity contribution in [1.82, 2.24) is 0 Å². The summed E-state index contributed by atoms with van der Waals surface area (Å²) < 4.78 is 36.4. The van der Waals surface area contributed by atoms with Gasteiger partial charge in [0.2, 0.25) is 5.91 Å². The molecule has 7 heteroatoms. The van der Waals surface area contributed by atoms with Crippen molar-refractivity contribution >= 4 is 33.0 Å². The second kappa shape index (κ2) is 6.46. The monoisotopic (exact) mass is 341 g/mol. The molecule has 0 heterocycles. The Kier molecular flexibility index (Phi) is 4.83. The van der Waals surface area contributed by atoms with Crippen LogP contribution in [0.25, 0.3) is 0 Å². The van der Waals surface area contributed by atoms with E-state index in [-0.39, 0.29) is 18.0 Å². The molecule has 2 aromatic carbocycles. The van der Waals surface area contributed by atoms with Crippen LogP contribution in [-0.2, 0) is 21.1 Å². The van der Waals surface area contributed by atoms with E-state index < -0.39 is 20.5 Å². The van der Waals surface area contributed by atoms with E-state index >= 15 is 0 Å². The van der Waals surface area contributed by atoms with Crippen molar-refractivity contribution < 1.29 is 17.6 Å². The molecule has 0 aromatic heterocycles. The molecule has 0 aliphatic carbocycles. The molecule has 4 nitrogen and oxygen atoms in total. The van der Waals surface area contributed by atoms with Crippen LogP contribution in [0.2, 0.25) is 5.02 Å². The third-order valence-electron chi connectivity index (χ3n) is 2.92. The molecule has 0 saturated carbocycles. The van der Waals surface area contributed by atoms with Gasteiger partial charge in [0.25, 0.3) is 0 Å². The SMILES string of the molecule is CS(=O)(=O)c1ccc(NC(=O)Cc2ccccc2Cl)cc1F. The molecular weight excluding hydrogens is 329 g/mol. The van der Waals surface area contributed by atoms with Gasteiger partial charge >= 0.3 is 0 Å². The molecule has 0 bridgehead atoms. The number of sulfone groups is 1. The summed E-state index contributed by atoms with van der Waals surface area (Å²) in [6, 6.07) is 10.3. The maximum atomic E-state index is 13.7. The van der Waals surface area contributed by atoms with Crippen LogP contribution in [0.3, 0.4) is 0 Å². The second-order valence-electron chi connectivity index (χ2n) is 4.73. The Bertz CT molecular complexity index is 821. The third kappa shape index (κ3) is 4.05.